The fourth-order valence-corrected chi connectivity index (χ4v) is 5.59. The Kier molecular flexibility index (Phi) is 5.14. The Hall–Kier alpha value is -1.82. The summed E-state index contributed by atoms with van der Waals surface area (Å²) in [6.07, 6.45) is 9.92. The van der Waals surface area contributed by atoms with Crippen molar-refractivity contribution >= 4 is 17.7 Å². The first-order valence-corrected chi connectivity index (χ1v) is 11.7. The summed E-state index contributed by atoms with van der Waals surface area (Å²) in [7, 11) is 0. The highest BCUT2D eigenvalue weighted by molar-refractivity contribution is 7.99. The van der Waals surface area contributed by atoms with E-state index in [1.54, 1.807) is 0 Å². The molecule has 0 bridgehead atoms. The first-order valence-electron chi connectivity index (χ1n) is 10.7. The zero-order chi connectivity index (χ0) is 18.9. The van der Waals surface area contributed by atoms with Crippen LogP contribution in [0.4, 0.5) is 0 Å². The molecule has 2 heterocycles. The van der Waals surface area contributed by atoms with Crippen LogP contribution in [0.25, 0.3) is 5.69 Å². The molecule has 2 aromatic rings. The average Bonchev–Trinajstić information content (AvgIpc) is 3.51. The second kappa shape index (κ2) is 7.90. The van der Waals surface area contributed by atoms with Crippen LogP contribution in [0.2, 0.25) is 0 Å². The Morgan fingerprint density at radius 1 is 1.04 bits per heavy atom. The molecule has 2 aliphatic carbocycles. The van der Waals surface area contributed by atoms with Gasteiger partial charge in [-0.3, -0.25) is 4.79 Å². The van der Waals surface area contributed by atoms with E-state index < -0.39 is 0 Å². The summed E-state index contributed by atoms with van der Waals surface area (Å²) in [5.74, 6) is 3.01. The molecule has 1 aliphatic heterocycles. The predicted octanol–water partition coefficient (Wildman–Crippen LogP) is 4.42. The summed E-state index contributed by atoms with van der Waals surface area (Å²) in [6.45, 7) is 0.930. The van der Waals surface area contributed by atoms with Crippen molar-refractivity contribution < 1.29 is 4.79 Å². The highest BCUT2D eigenvalue weighted by Gasteiger charge is 2.36. The number of hydrogen-bond donors (Lipinski definition) is 0. The van der Waals surface area contributed by atoms with Crippen molar-refractivity contribution in [2.45, 2.75) is 68.5 Å². The molecular formula is C22H28N4OS. The standard InChI is InChI=1S/C22H28N4OS/c27-20(25-14-6-8-16-7-4-5-11-19(16)25)15-28-22-23-21(17-12-13-17)26(24-22)18-9-2-1-3-10-18/h1-3,9-10,16-17,19H,4-8,11-15H2/t16-,19+/m0/s1. The van der Waals surface area contributed by atoms with Crippen LogP contribution in [-0.2, 0) is 4.79 Å². The monoisotopic (exact) mass is 396 g/mol. The number of carbonyl (C=O) groups excluding carboxylic acids is 1. The molecule has 2 atom stereocenters. The molecule has 0 spiro atoms. The van der Waals surface area contributed by atoms with Crippen LogP contribution in [0.3, 0.4) is 0 Å². The van der Waals surface area contributed by atoms with Gasteiger partial charge in [0.2, 0.25) is 11.1 Å². The predicted molar refractivity (Wildman–Crippen MR) is 111 cm³/mol. The summed E-state index contributed by atoms with van der Waals surface area (Å²) in [5.41, 5.74) is 1.05. The van der Waals surface area contributed by atoms with E-state index in [2.05, 4.69) is 17.0 Å². The number of amides is 1. The number of carbonyl (C=O) groups is 1. The third-order valence-corrected chi connectivity index (χ3v) is 7.27. The van der Waals surface area contributed by atoms with E-state index in [4.69, 9.17) is 10.1 Å². The van der Waals surface area contributed by atoms with Crippen molar-refractivity contribution in [2.75, 3.05) is 12.3 Å². The highest BCUT2D eigenvalue weighted by atomic mass is 32.2. The highest BCUT2D eigenvalue weighted by Crippen LogP contribution is 2.40. The van der Waals surface area contributed by atoms with Crippen LogP contribution in [0.5, 0.6) is 0 Å². The normalized spacial score (nSPS) is 24.8. The number of hydrogen-bond acceptors (Lipinski definition) is 4. The molecule has 3 fully saturated rings. The van der Waals surface area contributed by atoms with Crippen molar-refractivity contribution in [3.05, 3.63) is 36.2 Å². The van der Waals surface area contributed by atoms with Gasteiger partial charge in [-0.1, -0.05) is 42.8 Å². The molecule has 6 heteroatoms. The number of aromatic nitrogens is 3. The Morgan fingerprint density at radius 2 is 1.82 bits per heavy atom. The second-order valence-corrected chi connectivity index (χ2v) is 9.35. The number of para-hydroxylation sites is 1. The van der Waals surface area contributed by atoms with Gasteiger partial charge in [0.15, 0.2) is 0 Å². The molecule has 5 rings (SSSR count). The average molecular weight is 397 g/mol. The smallest absolute Gasteiger partial charge is 0.233 e. The molecule has 1 saturated heterocycles. The molecule has 3 aliphatic rings. The number of rotatable bonds is 5. The molecule has 0 unspecified atom stereocenters. The van der Waals surface area contributed by atoms with Gasteiger partial charge < -0.3 is 4.90 Å². The second-order valence-electron chi connectivity index (χ2n) is 8.40. The third-order valence-electron chi connectivity index (χ3n) is 6.44. The van der Waals surface area contributed by atoms with E-state index >= 15 is 0 Å². The van der Waals surface area contributed by atoms with Gasteiger partial charge in [0, 0.05) is 18.5 Å². The lowest BCUT2D eigenvalue weighted by molar-refractivity contribution is -0.134. The van der Waals surface area contributed by atoms with E-state index in [-0.39, 0.29) is 5.91 Å². The van der Waals surface area contributed by atoms with Gasteiger partial charge in [0.25, 0.3) is 0 Å². The Morgan fingerprint density at radius 3 is 2.64 bits per heavy atom. The van der Waals surface area contributed by atoms with Gasteiger partial charge in [-0.05, 0) is 56.6 Å². The van der Waals surface area contributed by atoms with Crippen molar-refractivity contribution in [1.29, 1.82) is 0 Å². The van der Waals surface area contributed by atoms with Crippen LogP contribution in [0.15, 0.2) is 35.5 Å². The summed E-state index contributed by atoms with van der Waals surface area (Å²) in [5, 5.41) is 5.47. The van der Waals surface area contributed by atoms with Gasteiger partial charge in [0.1, 0.15) is 5.82 Å². The molecular weight excluding hydrogens is 368 g/mol. The summed E-state index contributed by atoms with van der Waals surface area (Å²) in [6, 6.07) is 10.7. The first kappa shape index (κ1) is 18.2. The molecule has 2 saturated carbocycles. The number of nitrogens with zero attached hydrogens (tertiary/aromatic N) is 4. The lowest BCUT2D eigenvalue weighted by atomic mass is 9.78. The Balaban J connectivity index is 1.28. The minimum absolute atomic E-state index is 0.269. The van der Waals surface area contributed by atoms with Gasteiger partial charge in [-0.15, -0.1) is 5.10 Å². The van der Waals surface area contributed by atoms with Crippen molar-refractivity contribution in [3.63, 3.8) is 0 Å². The SMILES string of the molecule is O=C(CSc1nc(C2CC2)n(-c2ccccc2)n1)N1CCC[C@@H]2CCCC[C@H]21. The fourth-order valence-electron chi connectivity index (χ4n) is 4.87. The maximum atomic E-state index is 13.0. The van der Waals surface area contributed by atoms with E-state index in [0.717, 1.165) is 35.6 Å². The van der Waals surface area contributed by atoms with Gasteiger partial charge >= 0.3 is 0 Å². The van der Waals surface area contributed by atoms with E-state index in [1.807, 2.05) is 22.9 Å². The number of thioether (sulfide) groups is 1. The molecule has 148 valence electrons. The summed E-state index contributed by atoms with van der Waals surface area (Å²) < 4.78 is 1.97. The topological polar surface area (TPSA) is 51.0 Å². The van der Waals surface area contributed by atoms with E-state index in [0.29, 0.717) is 17.7 Å². The number of fused-ring (bicyclic) bond motifs is 1. The van der Waals surface area contributed by atoms with E-state index in [1.165, 1.54) is 56.7 Å². The van der Waals surface area contributed by atoms with Crippen LogP contribution < -0.4 is 0 Å². The van der Waals surface area contributed by atoms with E-state index in [9.17, 15) is 4.79 Å². The van der Waals surface area contributed by atoms with Crippen LogP contribution in [-0.4, -0.2) is 43.9 Å². The molecule has 0 radical (unpaired) electrons. The van der Waals surface area contributed by atoms with Crippen LogP contribution >= 0.6 is 11.8 Å². The minimum Gasteiger partial charge on any atom is -0.339 e. The number of piperidine rings is 1. The quantitative estimate of drug-likeness (QED) is 0.702. The minimum atomic E-state index is 0.269. The van der Waals surface area contributed by atoms with Crippen molar-refractivity contribution in [2.24, 2.45) is 5.92 Å². The van der Waals surface area contributed by atoms with Crippen molar-refractivity contribution in [3.8, 4) is 5.69 Å². The fraction of sp³-hybridized carbons (Fsp3) is 0.591. The lowest BCUT2D eigenvalue weighted by Crippen LogP contribution is -2.50. The molecule has 1 amide bonds. The maximum absolute atomic E-state index is 13.0. The Labute approximate surface area is 170 Å². The van der Waals surface area contributed by atoms with Gasteiger partial charge in [-0.2, -0.15) is 0 Å². The van der Waals surface area contributed by atoms with Crippen LogP contribution in [0, 0.1) is 5.92 Å². The first-order chi connectivity index (χ1) is 13.8. The molecule has 1 aromatic heterocycles. The van der Waals surface area contributed by atoms with Gasteiger partial charge in [0.05, 0.1) is 11.4 Å². The van der Waals surface area contributed by atoms with Gasteiger partial charge in [-0.25, -0.2) is 9.67 Å². The molecule has 5 nitrogen and oxygen atoms in total. The number of benzene rings is 1. The lowest BCUT2D eigenvalue weighted by Gasteiger charge is -2.44. The molecule has 1 aromatic carbocycles. The third kappa shape index (κ3) is 3.71. The zero-order valence-corrected chi connectivity index (χ0v) is 17.1. The summed E-state index contributed by atoms with van der Waals surface area (Å²) in [4.78, 5) is 19.9. The summed E-state index contributed by atoms with van der Waals surface area (Å²) >= 11 is 1.50. The largest absolute Gasteiger partial charge is 0.339 e. The van der Waals surface area contributed by atoms with Crippen LogP contribution in [0.1, 0.15) is 63.1 Å². The maximum Gasteiger partial charge on any atom is 0.233 e. The zero-order valence-electron chi connectivity index (χ0n) is 16.3. The molecule has 0 N–H and O–H groups in total. The molecule has 28 heavy (non-hydrogen) atoms. The van der Waals surface area contributed by atoms with Crippen molar-refractivity contribution in [1.82, 2.24) is 19.7 Å². The Bertz CT molecular complexity index is 830. The number of likely N-dealkylation sites (tertiary alicyclic amines) is 1.